The largest absolute Gasteiger partial charge is 0.416 e. The Bertz CT molecular complexity index is 1650. The first-order chi connectivity index (χ1) is 19.7. The summed E-state index contributed by atoms with van der Waals surface area (Å²) in [6.45, 7) is 2.44. The van der Waals surface area contributed by atoms with E-state index in [1.807, 2.05) is 6.08 Å². The van der Waals surface area contributed by atoms with Crippen molar-refractivity contribution in [1.29, 1.82) is 0 Å². The number of piperidine rings is 1. The average molecular weight is 589 g/mol. The van der Waals surface area contributed by atoms with E-state index in [2.05, 4.69) is 15.7 Å². The first kappa shape index (κ1) is 26.7. The predicted molar refractivity (Wildman–Crippen MR) is 145 cm³/mol. The molecule has 216 valence electrons. The van der Waals surface area contributed by atoms with E-state index >= 15 is 0 Å². The Morgan fingerprint density at radius 3 is 2.68 bits per heavy atom. The van der Waals surface area contributed by atoms with E-state index in [-0.39, 0.29) is 34.0 Å². The van der Waals surface area contributed by atoms with Crippen LogP contribution in [0.3, 0.4) is 0 Å². The number of amides is 1. The van der Waals surface area contributed by atoms with Crippen LogP contribution in [0.15, 0.2) is 29.1 Å². The molecule has 41 heavy (non-hydrogen) atoms. The summed E-state index contributed by atoms with van der Waals surface area (Å²) < 4.78 is 47.8. The molecule has 2 N–H and O–H groups in total. The minimum absolute atomic E-state index is 0.0702. The molecule has 2 aromatic heterocycles. The van der Waals surface area contributed by atoms with Gasteiger partial charge in [0.25, 0.3) is 5.56 Å². The molecule has 2 bridgehead atoms. The number of carbonyl (C=O) groups excluding carboxylic acids is 1. The molecule has 2 aliphatic heterocycles. The number of nitrogens with one attached hydrogen (secondary N) is 2. The molecule has 1 saturated carbocycles. The maximum Gasteiger partial charge on any atom is 0.416 e. The van der Waals surface area contributed by atoms with Crippen LogP contribution in [0, 0.1) is 11.8 Å². The average Bonchev–Trinajstić information content (AvgIpc) is 3.60. The lowest BCUT2D eigenvalue weighted by Crippen LogP contribution is -2.51. The Kier molecular flexibility index (Phi) is 6.29. The number of ether oxygens (including phenoxy) is 1. The smallest absolute Gasteiger partial charge is 0.377 e. The minimum atomic E-state index is -4.55. The summed E-state index contributed by atoms with van der Waals surface area (Å²) in [6, 6.07) is 2.80. The zero-order chi connectivity index (χ0) is 28.5. The van der Waals surface area contributed by atoms with Gasteiger partial charge in [-0.2, -0.15) is 22.7 Å². The third kappa shape index (κ3) is 4.21. The molecule has 1 spiro atoms. The molecular formula is C28H28ClF3N6O3. The minimum Gasteiger partial charge on any atom is -0.377 e. The van der Waals surface area contributed by atoms with Gasteiger partial charge in [-0.3, -0.25) is 9.59 Å². The van der Waals surface area contributed by atoms with Crippen molar-refractivity contribution in [3.8, 4) is 0 Å². The van der Waals surface area contributed by atoms with Crippen molar-refractivity contribution in [2.45, 2.75) is 50.2 Å². The van der Waals surface area contributed by atoms with Crippen LogP contribution < -0.4 is 16.2 Å². The number of hydrogen-bond donors (Lipinski definition) is 2. The van der Waals surface area contributed by atoms with E-state index in [4.69, 9.17) is 21.3 Å². The summed E-state index contributed by atoms with van der Waals surface area (Å²) in [5, 5.41) is 10.6. The van der Waals surface area contributed by atoms with Crippen LogP contribution in [0.4, 0.5) is 18.9 Å². The van der Waals surface area contributed by atoms with Crippen LogP contribution >= 0.6 is 11.6 Å². The van der Waals surface area contributed by atoms with E-state index in [0.29, 0.717) is 43.7 Å². The van der Waals surface area contributed by atoms with Gasteiger partial charge in [-0.15, -0.1) is 5.10 Å². The number of aromatic nitrogens is 4. The van der Waals surface area contributed by atoms with Crippen molar-refractivity contribution in [3.63, 3.8) is 0 Å². The van der Waals surface area contributed by atoms with E-state index in [1.54, 1.807) is 4.57 Å². The fourth-order valence-electron chi connectivity index (χ4n) is 7.50. The van der Waals surface area contributed by atoms with Crippen LogP contribution in [-0.4, -0.2) is 51.4 Å². The molecule has 2 atom stereocenters. The zero-order valence-corrected chi connectivity index (χ0v) is 22.8. The van der Waals surface area contributed by atoms with Crippen LogP contribution in [0.1, 0.15) is 48.3 Å². The molecule has 0 radical (unpaired) electrons. The van der Waals surface area contributed by atoms with Gasteiger partial charge in [0.05, 0.1) is 29.5 Å². The maximum absolute atomic E-state index is 14.2. The molecule has 1 saturated heterocycles. The highest BCUT2D eigenvalue weighted by molar-refractivity contribution is 6.33. The van der Waals surface area contributed by atoms with Gasteiger partial charge in [0.2, 0.25) is 11.7 Å². The van der Waals surface area contributed by atoms with Gasteiger partial charge in [-0.1, -0.05) is 17.7 Å². The highest BCUT2D eigenvalue weighted by atomic mass is 35.5. The highest BCUT2D eigenvalue weighted by Crippen LogP contribution is 2.56. The number of halogens is 4. The fraction of sp³-hybridized carbons (Fsp3) is 0.500. The van der Waals surface area contributed by atoms with Crippen molar-refractivity contribution >= 4 is 34.5 Å². The van der Waals surface area contributed by atoms with E-state index in [0.717, 1.165) is 67.4 Å². The summed E-state index contributed by atoms with van der Waals surface area (Å²) >= 11 is 6.11. The Balaban J connectivity index is 1.32. The second kappa shape index (κ2) is 9.67. The third-order valence-corrected chi connectivity index (χ3v) is 9.63. The fourth-order valence-corrected chi connectivity index (χ4v) is 7.73. The molecule has 2 fully saturated rings. The first-order valence-electron chi connectivity index (χ1n) is 13.8. The molecule has 13 heteroatoms. The standard InChI is InChI=1S/C28H28ClF3N6O3/c29-19-11-16(28(30,31)32)3-4-20(19)34-22(39)14-37-21-5-8-27(17-1-2-18(27)13-33-12-17)23(21)25(40)38-26(37)35-24(36-38)15-6-9-41-10-7-15/h3-4,6,11,17-18,33H,1-2,5,7-10,12-14H2,(H,34,39). The van der Waals surface area contributed by atoms with E-state index < -0.39 is 17.6 Å². The third-order valence-electron chi connectivity index (χ3n) is 9.32. The van der Waals surface area contributed by atoms with Gasteiger partial charge in [-0.05, 0) is 80.8 Å². The second-order valence-corrected chi connectivity index (χ2v) is 11.7. The quantitative estimate of drug-likeness (QED) is 0.481. The number of alkyl halides is 3. The lowest BCUT2D eigenvalue weighted by Gasteiger charge is -2.41. The first-order valence-corrected chi connectivity index (χ1v) is 14.2. The molecule has 2 aliphatic carbocycles. The monoisotopic (exact) mass is 588 g/mol. The molecule has 4 heterocycles. The molecule has 3 aromatic rings. The summed E-state index contributed by atoms with van der Waals surface area (Å²) in [4.78, 5) is 32.3. The highest BCUT2D eigenvalue weighted by Gasteiger charge is 2.58. The van der Waals surface area contributed by atoms with Crippen LogP contribution in [0.25, 0.3) is 11.4 Å². The van der Waals surface area contributed by atoms with Gasteiger partial charge in [0.1, 0.15) is 6.54 Å². The van der Waals surface area contributed by atoms with Crippen molar-refractivity contribution in [3.05, 3.63) is 62.3 Å². The van der Waals surface area contributed by atoms with Gasteiger partial charge in [0.15, 0.2) is 5.82 Å². The lowest BCUT2D eigenvalue weighted by atomic mass is 9.66. The Hall–Kier alpha value is -3.22. The van der Waals surface area contributed by atoms with Gasteiger partial charge in [0, 0.05) is 16.7 Å². The Morgan fingerprint density at radius 2 is 2.00 bits per heavy atom. The molecular weight excluding hydrogens is 561 g/mol. The van der Waals surface area contributed by atoms with Crippen molar-refractivity contribution < 1.29 is 22.7 Å². The molecule has 2 unspecified atom stereocenters. The molecule has 9 nitrogen and oxygen atoms in total. The Labute approximate surface area is 237 Å². The van der Waals surface area contributed by atoms with Crippen LogP contribution in [0.5, 0.6) is 0 Å². The summed E-state index contributed by atoms with van der Waals surface area (Å²) in [5.74, 6) is 0.840. The normalized spacial score (nSPS) is 25.5. The van der Waals surface area contributed by atoms with Crippen molar-refractivity contribution in [1.82, 2.24) is 24.5 Å². The van der Waals surface area contributed by atoms with Crippen LogP contribution in [-0.2, 0) is 34.1 Å². The second-order valence-electron chi connectivity index (χ2n) is 11.3. The summed E-state index contributed by atoms with van der Waals surface area (Å²) in [5.41, 5.74) is 1.11. The number of rotatable bonds is 4. The number of anilines is 1. The van der Waals surface area contributed by atoms with E-state index in [9.17, 15) is 22.8 Å². The number of nitrogens with zero attached hydrogens (tertiary/aromatic N) is 4. The number of benzene rings is 1. The zero-order valence-electron chi connectivity index (χ0n) is 22.1. The summed E-state index contributed by atoms with van der Waals surface area (Å²) in [7, 11) is 0. The number of hydrogen-bond acceptors (Lipinski definition) is 6. The van der Waals surface area contributed by atoms with E-state index in [1.165, 1.54) is 4.52 Å². The predicted octanol–water partition coefficient (Wildman–Crippen LogP) is 3.82. The molecule has 1 amide bonds. The summed E-state index contributed by atoms with van der Waals surface area (Å²) in [6.07, 6.45) is 1.48. The SMILES string of the molecule is O=C(Cn1c2c(c(=O)n3nc(C4=CCOCC4)nc13)C1(CC2)C2CCC1CNC2)Nc1ccc(C(F)(F)F)cc1Cl. The van der Waals surface area contributed by atoms with Gasteiger partial charge in [-0.25, -0.2) is 0 Å². The van der Waals surface area contributed by atoms with Crippen molar-refractivity contribution in [2.75, 3.05) is 31.6 Å². The topological polar surface area (TPSA) is 103 Å². The number of fused-ring (bicyclic) bond motifs is 2. The number of carbonyl (C=O) groups is 1. The molecule has 7 rings (SSSR count). The molecule has 1 aromatic carbocycles. The van der Waals surface area contributed by atoms with Crippen LogP contribution in [0.2, 0.25) is 5.02 Å². The van der Waals surface area contributed by atoms with Crippen molar-refractivity contribution in [2.24, 2.45) is 11.8 Å². The Morgan fingerprint density at radius 1 is 1.22 bits per heavy atom. The van der Waals surface area contributed by atoms with Gasteiger partial charge >= 0.3 is 6.18 Å². The lowest BCUT2D eigenvalue weighted by molar-refractivity contribution is -0.137. The molecule has 4 aliphatic rings. The van der Waals surface area contributed by atoms with Gasteiger partial charge < -0.3 is 19.9 Å². The maximum atomic E-state index is 14.2.